The minimum atomic E-state index is -0.191. The summed E-state index contributed by atoms with van der Waals surface area (Å²) in [5, 5.41) is 2.88. The molecule has 1 N–H and O–H groups in total. The summed E-state index contributed by atoms with van der Waals surface area (Å²) in [6, 6.07) is 19.2. The van der Waals surface area contributed by atoms with Crippen LogP contribution in [0, 0.1) is 0 Å². The molecule has 0 aliphatic rings. The molecule has 1 amide bonds. The Bertz CT molecular complexity index is 852. The van der Waals surface area contributed by atoms with Crippen LogP contribution in [0.15, 0.2) is 77.5 Å². The van der Waals surface area contributed by atoms with Crippen LogP contribution in [0.3, 0.4) is 0 Å². The van der Waals surface area contributed by atoms with Crippen LogP contribution >= 0.6 is 15.9 Å². The summed E-state index contributed by atoms with van der Waals surface area (Å²) in [4.78, 5) is 18.6. The number of hydrogen-bond acceptors (Lipinski definition) is 3. The van der Waals surface area contributed by atoms with E-state index in [1.807, 2.05) is 72.6 Å². The van der Waals surface area contributed by atoms with Crippen LogP contribution in [0.5, 0.6) is 0 Å². The summed E-state index contributed by atoms with van der Waals surface area (Å²) in [6.07, 6.45) is 3.30. The predicted octanol–water partition coefficient (Wildman–Crippen LogP) is 4.86. The van der Waals surface area contributed by atoms with Gasteiger partial charge < -0.3 is 10.2 Å². The van der Waals surface area contributed by atoms with Crippen molar-refractivity contribution >= 4 is 38.9 Å². The van der Waals surface area contributed by atoms with Gasteiger partial charge in [0.05, 0.1) is 17.4 Å². The molecule has 0 saturated heterocycles. The van der Waals surface area contributed by atoms with Crippen molar-refractivity contribution in [3.05, 3.63) is 83.1 Å². The molecule has 0 fully saturated rings. The van der Waals surface area contributed by atoms with Crippen molar-refractivity contribution < 1.29 is 4.79 Å². The summed E-state index contributed by atoms with van der Waals surface area (Å²) in [5.41, 5.74) is 3.12. The molecule has 0 bridgehead atoms. The van der Waals surface area contributed by atoms with E-state index in [1.165, 1.54) is 0 Å². The Balaban J connectivity index is 1.81. The van der Waals surface area contributed by atoms with Gasteiger partial charge in [-0.05, 0) is 36.4 Å². The van der Waals surface area contributed by atoms with E-state index in [4.69, 9.17) is 0 Å². The minimum Gasteiger partial charge on any atom is -0.343 e. The van der Waals surface area contributed by atoms with Gasteiger partial charge in [-0.2, -0.15) is 0 Å². The smallest absolute Gasteiger partial charge is 0.257 e. The highest BCUT2D eigenvalue weighted by molar-refractivity contribution is 9.10. The van der Waals surface area contributed by atoms with Crippen molar-refractivity contribution in [1.82, 2.24) is 4.98 Å². The third-order valence-corrected chi connectivity index (χ3v) is 4.09. The molecule has 3 aromatic rings. The lowest BCUT2D eigenvalue weighted by Gasteiger charge is -2.19. The van der Waals surface area contributed by atoms with Crippen LogP contribution < -0.4 is 10.2 Å². The molecule has 24 heavy (non-hydrogen) atoms. The van der Waals surface area contributed by atoms with Gasteiger partial charge in [-0.1, -0.05) is 40.2 Å². The number of halogens is 1. The number of para-hydroxylation sites is 1. The third-order valence-electron chi connectivity index (χ3n) is 3.60. The summed E-state index contributed by atoms with van der Waals surface area (Å²) in [7, 11) is 1.95. The van der Waals surface area contributed by atoms with E-state index in [0.29, 0.717) is 5.56 Å². The van der Waals surface area contributed by atoms with Gasteiger partial charge >= 0.3 is 0 Å². The van der Waals surface area contributed by atoms with E-state index in [9.17, 15) is 4.79 Å². The summed E-state index contributed by atoms with van der Waals surface area (Å²) in [6.45, 7) is 0. The molecule has 0 aliphatic heterocycles. The molecule has 0 radical (unpaired) electrons. The zero-order valence-corrected chi connectivity index (χ0v) is 14.7. The molecule has 0 aliphatic carbocycles. The van der Waals surface area contributed by atoms with E-state index in [2.05, 4.69) is 26.2 Å². The number of amides is 1. The summed E-state index contributed by atoms with van der Waals surface area (Å²) < 4.78 is 0.913. The molecule has 5 heteroatoms. The second kappa shape index (κ2) is 7.27. The van der Waals surface area contributed by atoms with Crippen molar-refractivity contribution in [2.75, 3.05) is 17.3 Å². The van der Waals surface area contributed by atoms with Gasteiger partial charge in [0, 0.05) is 29.1 Å². The lowest BCUT2D eigenvalue weighted by Crippen LogP contribution is -2.14. The van der Waals surface area contributed by atoms with Gasteiger partial charge in [0.25, 0.3) is 5.91 Å². The molecule has 0 unspecified atom stereocenters. The van der Waals surface area contributed by atoms with Crippen LogP contribution in [0.4, 0.5) is 17.1 Å². The average molecular weight is 382 g/mol. The van der Waals surface area contributed by atoms with Crippen LogP contribution in [-0.2, 0) is 0 Å². The van der Waals surface area contributed by atoms with Gasteiger partial charge in [-0.15, -0.1) is 0 Å². The van der Waals surface area contributed by atoms with E-state index >= 15 is 0 Å². The maximum Gasteiger partial charge on any atom is 0.257 e. The first-order chi connectivity index (χ1) is 11.6. The van der Waals surface area contributed by atoms with Gasteiger partial charge in [-0.25, -0.2) is 0 Å². The number of nitrogens with zero attached hydrogens (tertiary/aromatic N) is 2. The number of aromatic nitrogens is 1. The zero-order valence-electron chi connectivity index (χ0n) is 13.1. The molecule has 2 aromatic carbocycles. The molecule has 1 heterocycles. The molecule has 0 saturated carbocycles. The molecule has 0 spiro atoms. The SMILES string of the molecule is CN(c1ccccc1)c1cncc(C(=O)Nc2cccc(Br)c2)c1. The van der Waals surface area contributed by atoms with Crippen molar-refractivity contribution in [3.8, 4) is 0 Å². The molecule has 3 rings (SSSR count). The Morgan fingerprint density at radius 3 is 2.54 bits per heavy atom. The number of anilines is 3. The van der Waals surface area contributed by atoms with E-state index in [0.717, 1.165) is 21.5 Å². The Morgan fingerprint density at radius 1 is 1.00 bits per heavy atom. The maximum absolute atomic E-state index is 12.5. The number of carbonyl (C=O) groups is 1. The second-order valence-corrected chi connectivity index (χ2v) is 6.21. The van der Waals surface area contributed by atoms with E-state index < -0.39 is 0 Å². The monoisotopic (exact) mass is 381 g/mol. The van der Waals surface area contributed by atoms with Gasteiger partial charge in [-0.3, -0.25) is 9.78 Å². The van der Waals surface area contributed by atoms with Crippen molar-refractivity contribution in [2.24, 2.45) is 0 Å². The molecular formula is C19H16BrN3O. The van der Waals surface area contributed by atoms with Gasteiger partial charge in [0.2, 0.25) is 0 Å². The first-order valence-corrected chi connectivity index (χ1v) is 8.23. The van der Waals surface area contributed by atoms with Gasteiger partial charge in [0.1, 0.15) is 0 Å². The van der Waals surface area contributed by atoms with Crippen LogP contribution in [0.1, 0.15) is 10.4 Å². The number of hydrogen-bond donors (Lipinski definition) is 1. The highest BCUT2D eigenvalue weighted by atomic mass is 79.9. The summed E-state index contributed by atoms with van der Waals surface area (Å²) in [5.74, 6) is -0.191. The topological polar surface area (TPSA) is 45.2 Å². The van der Waals surface area contributed by atoms with E-state index in [-0.39, 0.29) is 5.91 Å². The second-order valence-electron chi connectivity index (χ2n) is 5.29. The quantitative estimate of drug-likeness (QED) is 0.701. The number of pyridine rings is 1. The first kappa shape index (κ1) is 16.2. The largest absolute Gasteiger partial charge is 0.343 e. The van der Waals surface area contributed by atoms with Crippen molar-refractivity contribution in [2.45, 2.75) is 0 Å². The Labute approximate surface area is 149 Å². The average Bonchev–Trinajstić information content (AvgIpc) is 2.62. The van der Waals surface area contributed by atoms with Crippen LogP contribution in [0.25, 0.3) is 0 Å². The first-order valence-electron chi connectivity index (χ1n) is 7.44. The number of rotatable bonds is 4. The minimum absolute atomic E-state index is 0.191. The molecule has 4 nitrogen and oxygen atoms in total. The highest BCUT2D eigenvalue weighted by Gasteiger charge is 2.10. The maximum atomic E-state index is 12.5. The normalized spacial score (nSPS) is 10.2. The molecular weight excluding hydrogens is 366 g/mol. The van der Waals surface area contributed by atoms with Crippen LogP contribution in [-0.4, -0.2) is 17.9 Å². The van der Waals surface area contributed by atoms with Crippen molar-refractivity contribution in [3.63, 3.8) is 0 Å². The fourth-order valence-corrected chi connectivity index (χ4v) is 2.70. The number of nitrogens with one attached hydrogen (secondary N) is 1. The van der Waals surface area contributed by atoms with Gasteiger partial charge in [0.15, 0.2) is 0 Å². The molecule has 120 valence electrons. The molecule has 1 aromatic heterocycles. The van der Waals surface area contributed by atoms with Crippen LogP contribution in [0.2, 0.25) is 0 Å². The Morgan fingerprint density at radius 2 is 1.79 bits per heavy atom. The zero-order chi connectivity index (χ0) is 16.9. The lowest BCUT2D eigenvalue weighted by molar-refractivity contribution is 0.102. The van der Waals surface area contributed by atoms with Crippen molar-refractivity contribution in [1.29, 1.82) is 0 Å². The third kappa shape index (κ3) is 3.81. The Kier molecular flexibility index (Phi) is 4.91. The Hall–Kier alpha value is -2.66. The standard InChI is InChI=1S/C19H16BrN3O/c1-23(17-8-3-2-4-9-17)18-10-14(12-21-13-18)19(24)22-16-7-5-6-15(20)11-16/h2-13H,1H3,(H,22,24). The number of benzene rings is 2. The predicted molar refractivity (Wildman–Crippen MR) is 101 cm³/mol. The fourth-order valence-electron chi connectivity index (χ4n) is 2.31. The number of carbonyl (C=O) groups excluding carboxylic acids is 1. The summed E-state index contributed by atoms with van der Waals surface area (Å²) >= 11 is 3.39. The fraction of sp³-hybridized carbons (Fsp3) is 0.0526. The molecule has 0 atom stereocenters. The lowest BCUT2D eigenvalue weighted by atomic mass is 10.2. The highest BCUT2D eigenvalue weighted by Crippen LogP contribution is 2.23. The van der Waals surface area contributed by atoms with E-state index in [1.54, 1.807) is 12.4 Å².